The van der Waals surface area contributed by atoms with Crippen LogP contribution >= 0.6 is 0 Å². The minimum absolute atomic E-state index is 0.0778. The molecule has 0 spiro atoms. The molecule has 0 fully saturated rings. The molecule has 0 heterocycles. The topological polar surface area (TPSA) is 103 Å². The van der Waals surface area contributed by atoms with Gasteiger partial charge in [0.15, 0.2) is 0 Å². The molecule has 4 N–H and O–H groups in total. The van der Waals surface area contributed by atoms with Crippen molar-refractivity contribution in [2.24, 2.45) is 5.73 Å². The van der Waals surface area contributed by atoms with Crippen LogP contribution in [-0.4, -0.2) is 45.2 Å². The third-order valence-electron chi connectivity index (χ3n) is 2.68. The molecule has 1 aromatic carbocycles. The summed E-state index contributed by atoms with van der Waals surface area (Å²) < 4.78 is 10.2. The summed E-state index contributed by atoms with van der Waals surface area (Å²) in [5.74, 6) is 0.231. The first kappa shape index (κ1) is 16.9. The first-order valence-electron chi connectivity index (χ1n) is 6.55. The normalized spacial score (nSPS) is 11.6. The van der Waals surface area contributed by atoms with Crippen molar-refractivity contribution in [2.75, 3.05) is 32.7 Å². The van der Waals surface area contributed by atoms with Crippen molar-refractivity contribution >= 4 is 17.5 Å². The van der Waals surface area contributed by atoms with Gasteiger partial charge in [-0.15, -0.1) is 0 Å². The van der Waals surface area contributed by atoms with Crippen LogP contribution in [0.1, 0.15) is 6.42 Å². The molecule has 0 bridgehead atoms. The number of anilines is 1. The molecule has 116 valence electrons. The van der Waals surface area contributed by atoms with Gasteiger partial charge in [-0.1, -0.05) is 0 Å². The lowest BCUT2D eigenvalue weighted by molar-refractivity contribution is -0.121. The Kier molecular flexibility index (Phi) is 7.20. The molecule has 0 saturated heterocycles. The fourth-order valence-electron chi connectivity index (χ4n) is 1.51. The van der Waals surface area contributed by atoms with E-state index < -0.39 is 6.04 Å². The SMILES string of the molecule is CNC(=O)CCOc1ccc(NC(=O)C(N)COC)cc1. The minimum atomic E-state index is -0.710. The zero-order chi connectivity index (χ0) is 15.7. The van der Waals surface area contributed by atoms with E-state index in [9.17, 15) is 9.59 Å². The molecular weight excluding hydrogens is 274 g/mol. The van der Waals surface area contributed by atoms with Gasteiger partial charge in [0.2, 0.25) is 11.8 Å². The number of nitrogens with two attached hydrogens (primary N) is 1. The molecule has 1 rings (SSSR count). The second-order valence-electron chi connectivity index (χ2n) is 4.35. The van der Waals surface area contributed by atoms with E-state index >= 15 is 0 Å². The number of methoxy groups -OCH3 is 1. The van der Waals surface area contributed by atoms with Gasteiger partial charge in [0, 0.05) is 19.8 Å². The Bertz CT molecular complexity index is 462. The number of hydrogen-bond donors (Lipinski definition) is 3. The fraction of sp³-hybridized carbons (Fsp3) is 0.429. The lowest BCUT2D eigenvalue weighted by Gasteiger charge is -2.12. The molecule has 0 aliphatic heterocycles. The third kappa shape index (κ3) is 6.24. The molecule has 1 unspecified atom stereocenters. The van der Waals surface area contributed by atoms with Gasteiger partial charge in [-0.2, -0.15) is 0 Å². The number of hydrogen-bond acceptors (Lipinski definition) is 5. The van der Waals surface area contributed by atoms with Gasteiger partial charge in [0.25, 0.3) is 0 Å². The Labute approximate surface area is 123 Å². The highest BCUT2D eigenvalue weighted by Gasteiger charge is 2.12. The van der Waals surface area contributed by atoms with Crippen LogP contribution in [0.4, 0.5) is 5.69 Å². The summed E-state index contributed by atoms with van der Waals surface area (Å²) in [6.07, 6.45) is 0.293. The Morgan fingerprint density at radius 1 is 1.29 bits per heavy atom. The van der Waals surface area contributed by atoms with E-state index in [0.717, 1.165) is 0 Å². The van der Waals surface area contributed by atoms with Crippen molar-refractivity contribution in [3.05, 3.63) is 24.3 Å². The lowest BCUT2D eigenvalue weighted by Crippen LogP contribution is -2.39. The lowest BCUT2D eigenvalue weighted by atomic mass is 10.2. The summed E-state index contributed by atoms with van der Waals surface area (Å²) in [5, 5.41) is 5.19. The van der Waals surface area contributed by atoms with Gasteiger partial charge < -0.3 is 25.8 Å². The maximum absolute atomic E-state index is 11.7. The number of ether oxygens (including phenoxy) is 2. The van der Waals surface area contributed by atoms with Crippen LogP contribution in [0.15, 0.2) is 24.3 Å². The molecule has 2 amide bonds. The molecule has 0 aliphatic rings. The zero-order valence-electron chi connectivity index (χ0n) is 12.2. The molecule has 1 aromatic rings. The maximum Gasteiger partial charge on any atom is 0.243 e. The number of carbonyl (C=O) groups excluding carboxylic acids is 2. The van der Waals surface area contributed by atoms with E-state index in [0.29, 0.717) is 24.5 Å². The number of rotatable bonds is 8. The fourth-order valence-corrected chi connectivity index (χ4v) is 1.51. The predicted octanol–water partition coefficient (Wildman–Crippen LogP) is 0.114. The number of nitrogens with one attached hydrogen (secondary N) is 2. The van der Waals surface area contributed by atoms with Crippen LogP contribution in [0.3, 0.4) is 0 Å². The first-order valence-corrected chi connectivity index (χ1v) is 6.55. The molecule has 1 atom stereocenters. The number of carbonyl (C=O) groups is 2. The number of amides is 2. The van der Waals surface area contributed by atoms with Gasteiger partial charge >= 0.3 is 0 Å². The van der Waals surface area contributed by atoms with Crippen molar-refractivity contribution in [2.45, 2.75) is 12.5 Å². The molecule has 21 heavy (non-hydrogen) atoms. The molecule has 7 nitrogen and oxygen atoms in total. The molecule has 0 aliphatic carbocycles. The summed E-state index contributed by atoms with van der Waals surface area (Å²) in [7, 11) is 3.06. The summed E-state index contributed by atoms with van der Waals surface area (Å²) in [6, 6.07) is 6.11. The van der Waals surface area contributed by atoms with Crippen LogP contribution in [0.2, 0.25) is 0 Å². The largest absolute Gasteiger partial charge is 0.493 e. The van der Waals surface area contributed by atoms with Gasteiger partial charge in [0.1, 0.15) is 11.8 Å². The van der Waals surface area contributed by atoms with Crippen molar-refractivity contribution in [3.8, 4) is 5.75 Å². The van der Waals surface area contributed by atoms with E-state index in [4.69, 9.17) is 15.2 Å². The zero-order valence-corrected chi connectivity index (χ0v) is 12.2. The smallest absolute Gasteiger partial charge is 0.243 e. The van der Waals surface area contributed by atoms with E-state index in [1.165, 1.54) is 7.11 Å². The van der Waals surface area contributed by atoms with Gasteiger partial charge in [-0.05, 0) is 24.3 Å². The average molecular weight is 295 g/mol. The van der Waals surface area contributed by atoms with Crippen LogP contribution in [0.25, 0.3) is 0 Å². The Morgan fingerprint density at radius 2 is 1.95 bits per heavy atom. The summed E-state index contributed by atoms with van der Waals surface area (Å²) in [5.41, 5.74) is 6.23. The summed E-state index contributed by atoms with van der Waals surface area (Å²) in [6.45, 7) is 0.455. The molecule has 0 saturated carbocycles. The highest BCUT2D eigenvalue weighted by atomic mass is 16.5. The van der Waals surface area contributed by atoms with Gasteiger partial charge in [-0.3, -0.25) is 9.59 Å². The summed E-state index contributed by atoms with van der Waals surface area (Å²) >= 11 is 0. The van der Waals surface area contributed by atoms with E-state index in [1.54, 1.807) is 31.3 Å². The second-order valence-corrected chi connectivity index (χ2v) is 4.35. The number of benzene rings is 1. The minimum Gasteiger partial charge on any atom is -0.493 e. The Balaban J connectivity index is 2.43. The summed E-state index contributed by atoms with van der Waals surface area (Å²) in [4.78, 5) is 22.7. The average Bonchev–Trinajstić information content (AvgIpc) is 2.49. The standard InChI is InChI=1S/C14H21N3O4/c1-16-13(18)7-8-21-11-5-3-10(4-6-11)17-14(19)12(15)9-20-2/h3-6,12H,7-9,15H2,1-2H3,(H,16,18)(H,17,19). The van der Waals surface area contributed by atoms with Crippen molar-refractivity contribution in [1.82, 2.24) is 5.32 Å². The van der Waals surface area contributed by atoms with Gasteiger partial charge in [-0.25, -0.2) is 0 Å². The van der Waals surface area contributed by atoms with E-state index in [-0.39, 0.29) is 18.4 Å². The van der Waals surface area contributed by atoms with Crippen LogP contribution < -0.4 is 21.1 Å². The van der Waals surface area contributed by atoms with Crippen molar-refractivity contribution in [1.29, 1.82) is 0 Å². The van der Waals surface area contributed by atoms with E-state index in [1.807, 2.05) is 0 Å². The monoisotopic (exact) mass is 295 g/mol. The molecule has 7 heteroatoms. The molecule has 0 aromatic heterocycles. The van der Waals surface area contributed by atoms with Crippen LogP contribution in [-0.2, 0) is 14.3 Å². The highest BCUT2D eigenvalue weighted by Crippen LogP contribution is 2.16. The Hall–Kier alpha value is -2.12. The van der Waals surface area contributed by atoms with E-state index in [2.05, 4.69) is 10.6 Å². The van der Waals surface area contributed by atoms with Crippen LogP contribution in [0, 0.1) is 0 Å². The first-order chi connectivity index (χ1) is 10.1. The van der Waals surface area contributed by atoms with Crippen molar-refractivity contribution < 1.29 is 19.1 Å². The second kappa shape index (κ2) is 8.93. The predicted molar refractivity (Wildman–Crippen MR) is 79.1 cm³/mol. The third-order valence-corrected chi connectivity index (χ3v) is 2.68. The highest BCUT2D eigenvalue weighted by molar-refractivity contribution is 5.94. The van der Waals surface area contributed by atoms with Crippen LogP contribution in [0.5, 0.6) is 5.75 Å². The molecule has 0 radical (unpaired) electrons. The van der Waals surface area contributed by atoms with Gasteiger partial charge in [0.05, 0.1) is 19.6 Å². The van der Waals surface area contributed by atoms with Crippen molar-refractivity contribution in [3.63, 3.8) is 0 Å². The molecular formula is C14H21N3O4. The quantitative estimate of drug-likeness (QED) is 0.632. The maximum atomic E-state index is 11.7. The Morgan fingerprint density at radius 3 is 2.52 bits per heavy atom.